The molecule has 2 heterocycles. The summed E-state index contributed by atoms with van der Waals surface area (Å²) in [5.41, 5.74) is 3.62. The molecule has 2 rings (SSSR count). The van der Waals surface area contributed by atoms with Crippen LogP contribution in [0.4, 0.5) is 0 Å². The third-order valence-electron chi connectivity index (χ3n) is 1.62. The van der Waals surface area contributed by atoms with Crippen LogP contribution in [0.2, 0.25) is 0 Å². The van der Waals surface area contributed by atoms with Gasteiger partial charge in [0.1, 0.15) is 5.01 Å². The molecule has 0 amide bonds. The quantitative estimate of drug-likeness (QED) is 0.675. The molecule has 2 aromatic rings. The average Bonchev–Trinajstić information content (AvgIpc) is 2.74. The molecule has 0 fully saturated rings. The summed E-state index contributed by atoms with van der Waals surface area (Å²) in [6.07, 6.45) is 0. The van der Waals surface area contributed by atoms with Crippen LogP contribution in [-0.2, 0) is 6.54 Å². The second-order valence-corrected chi connectivity index (χ2v) is 5.41. The number of thiophene rings is 1. The molecule has 0 aliphatic heterocycles. The van der Waals surface area contributed by atoms with Crippen molar-refractivity contribution in [3.63, 3.8) is 0 Å². The van der Waals surface area contributed by atoms with E-state index < -0.39 is 0 Å². The predicted molar refractivity (Wildman–Crippen MR) is 64.2 cm³/mol. The fourth-order valence-electron chi connectivity index (χ4n) is 1.04. The van der Waals surface area contributed by atoms with Crippen LogP contribution in [0, 0.1) is 0 Å². The summed E-state index contributed by atoms with van der Waals surface area (Å²) in [7, 11) is 0. The fourth-order valence-corrected chi connectivity index (χ4v) is 3.25. The summed E-state index contributed by atoms with van der Waals surface area (Å²) in [4.78, 5) is 5.63. The number of aromatic nitrogens is 1. The van der Waals surface area contributed by atoms with Crippen molar-refractivity contribution in [3.05, 3.63) is 26.3 Å². The van der Waals surface area contributed by atoms with E-state index >= 15 is 0 Å². The Morgan fingerprint density at radius 2 is 2.29 bits per heavy atom. The van der Waals surface area contributed by atoms with Gasteiger partial charge in [-0.25, -0.2) is 4.98 Å². The van der Waals surface area contributed by atoms with Crippen molar-refractivity contribution in [1.82, 2.24) is 10.4 Å². The summed E-state index contributed by atoms with van der Waals surface area (Å²) >= 11 is 6.72. The maximum absolute atomic E-state index is 5.22. The molecule has 0 aliphatic rings. The van der Waals surface area contributed by atoms with Crippen molar-refractivity contribution in [2.75, 3.05) is 0 Å². The van der Waals surface area contributed by atoms with E-state index in [1.165, 1.54) is 4.88 Å². The number of halogens is 1. The lowest BCUT2D eigenvalue weighted by molar-refractivity contribution is 0.737. The van der Waals surface area contributed by atoms with E-state index in [-0.39, 0.29) is 0 Å². The van der Waals surface area contributed by atoms with Crippen LogP contribution >= 0.6 is 38.6 Å². The third-order valence-corrected chi connectivity index (χ3v) is 4.19. The smallest absolute Gasteiger partial charge is 0.109 e. The van der Waals surface area contributed by atoms with Gasteiger partial charge in [-0.2, -0.15) is 0 Å². The van der Waals surface area contributed by atoms with Crippen LogP contribution in [0.25, 0.3) is 10.6 Å². The molecule has 0 bridgehead atoms. The van der Waals surface area contributed by atoms with Gasteiger partial charge in [0.15, 0.2) is 0 Å². The van der Waals surface area contributed by atoms with Gasteiger partial charge in [-0.1, -0.05) is 0 Å². The maximum atomic E-state index is 5.22. The highest BCUT2D eigenvalue weighted by atomic mass is 79.9. The molecule has 74 valence electrons. The Kier molecular flexibility index (Phi) is 3.30. The number of hydrazine groups is 1. The highest BCUT2D eigenvalue weighted by Gasteiger charge is 2.05. The molecule has 0 atom stereocenters. The zero-order valence-electron chi connectivity index (χ0n) is 7.16. The minimum absolute atomic E-state index is 0.622. The standard InChI is InChI=1S/C8H8BrN3S2/c9-5-1-7(13-3-5)6-4-14-8(12-6)2-11-10/h1,3-4,11H,2,10H2. The normalized spacial score (nSPS) is 10.7. The lowest BCUT2D eigenvalue weighted by Gasteiger charge is -1.91. The van der Waals surface area contributed by atoms with Gasteiger partial charge in [0.25, 0.3) is 0 Å². The number of hydrogen-bond donors (Lipinski definition) is 2. The van der Waals surface area contributed by atoms with Crippen molar-refractivity contribution in [2.24, 2.45) is 5.84 Å². The molecule has 3 nitrogen and oxygen atoms in total. The first-order valence-corrected chi connectivity index (χ1v) is 6.47. The second kappa shape index (κ2) is 4.50. The van der Waals surface area contributed by atoms with Crippen molar-refractivity contribution >= 4 is 38.6 Å². The number of nitrogens with two attached hydrogens (primary N) is 1. The molecular weight excluding hydrogens is 282 g/mol. The third kappa shape index (κ3) is 2.21. The van der Waals surface area contributed by atoms with Crippen molar-refractivity contribution < 1.29 is 0 Å². The monoisotopic (exact) mass is 289 g/mol. The summed E-state index contributed by atoms with van der Waals surface area (Å²) in [6, 6.07) is 2.07. The number of nitrogens with one attached hydrogen (secondary N) is 1. The molecule has 3 N–H and O–H groups in total. The molecule has 2 aromatic heterocycles. The van der Waals surface area contributed by atoms with E-state index in [4.69, 9.17) is 5.84 Å². The topological polar surface area (TPSA) is 50.9 Å². The van der Waals surface area contributed by atoms with Gasteiger partial charge in [0.2, 0.25) is 0 Å². The van der Waals surface area contributed by atoms with Crippen molar-refractivity contribution in [1.29, 1.82) is 0 Å². The Hall–Kier alpha value is -0.270. The highest BCUT2D eigenvalue weighted by molar-refractivity contribution is 9.10. The van der Waals surface area contributed by atoms with Gasteiger partial charge in [0.05, 0.1) is 17.1 Å². The zero-order chi connectivity index (χ0) is 9.97. The van der Waals surface area contributed by atoms with E-state index in [0.717, 1.165) is 15.2 Å². The Balaban J connectivity index is 2.24. The average molecular weight is 290 g/mol. The van der Waals surface area contributed by atoms with E-state index in [0.29, 0.717) is 6.54 Å². The molecule has 0 aromatic carbocycles. The first kappa shape index (κ1) is 10.3. The van der Waals surface area contributed by atoms with Gasteiger partial charge in [-0.3, -0.25) is 11.3 Å². The van der Waals surface area contributed by atoms with Gasteiger partial charge in [0, 0.05) is 15.2 Å². The van der Waals surface area contributed by atoms with E-state index in [9.17, 15) is 0 Å². The van der Waals surface area contributed by atoms with Crippen LogP contribution in [0.15, 0.2) is 21.3 Å². The van der Waals surface area contributed by atoms with Crippen LogP contribution in [0.3, 0.4) is 0 Å². The zero-order valence-corrected chi connectivity index (χ0v) is 10.4. The highest BCUT2D eigenvalue weighted by Crippen LogP contribution is 2.30. The van der Waals surface area contributed by atoms with Crippen molar-refractivity contribution in [2.45, 2.75) is 6.54 Å². The predicted octanol–water partition coefficient (Wildman–Crippen LogP) is 2.60. The molecule has 0 saturated heterocycles. The van der Waals surface area contributed by atoms with Crippen LogP contribution in [-0.4, -0.2) is 4.98 Å². The SMILES string of the molecule is NNCc1nc(-c2cc(Br)cs2)cs1. The van der Waals surface area contributed by atoms with Gasteiger partial charge in [-0.05, 0) is 22.0 Å². The largest absolute Gasteiger partial charge is 0.271 e. The molecular formula is C8H8BrN3S2. The Labute approximate surface area is 98.1 Å². The summed E-state index contributed by atoms with van der Waals surface area (Å²) in [5, 5.41) is 5.10. The fraction of sp³-hybridized carbons (Fsp3) is 0.125. The molecule has 0 radical (unpaired) electrons. The lowest BCUT2D eigenvalue weighted by Crippen LogP contribution is -2.20. The van der Waals surface area contributed by atoms with Gasteiger partial charge in [-0.15, -0.1) is 22.7 Å². The first-order chi connectivity index (χ1) is 6.79. The molecule has 0 saturated carbocycles. The lowest BCUT2D eigenvalue weighted by atomic mass is 10.4. The summed E-state index contributed by atoms with van der Waals surface area (Å²) in [6.45, 7) is 0.622. The van der Waals surface area contributed by atoms with E-state index in [1.807, 2.05) is 5.38 Å². The van der Waals surface area contributed by atoms with Crippen LogP contribution < -0.4 is 11.3 Å². The number of nitrogens with zero attached hydrogens (tertiary/aromatic N) is 1. The number of rotatable bonds is 3. The maximum Gasteiger partial charge on any atom is 0.109 e. The minimum Gasteiger partial charge on any atom is -0.271 e. The molecule has 0 spiro atoms. The number of hydrogen-bond acceptors (Lipinski definition) is 5. The van der Waals surface area contributed by atoms with Crippen LogP contribution in [0.1, 0.15) is 5.01 Å². The molecule has 0 unspecified atom stereocenters. The Morgan fingerprint density at radius 1 is 1.43 bits per heavy atom. The second-order valence-electron chi connectivity index (χ2n) is 2.64. The summed E-state index contributed by atoms with van der Waals surface area (Å²) in [5.74, 6) is 5.22. The molecule has 14 heavy (non-hydrogen) atoms. The van der Waals surface area contributed by atoms with E-state index in [1.54, 1.807) is 22.7 Å². The summed E-state index contributed by atoms with van der Waals surface area (Å²) < 4.78 is 1.10. The Morgan fingerprint density at radius 3 is 2.93 bits per heavy atom. The molecule has 0 aliphatic carbocycles. The van der Waals surface area contributed by atoms with Crippen LogP contribution in [0.5, 0.6) is 0 Å². The van der Waals surface area contributed by atoms with Crippen molar-refractivity contribution in [3.8, 4) is 10.6 Å². The van der Waals surface area contributed by atoms with E-state index in [2.05, 4.69) is 37.8 Å². The molecule has 6 heteroatoms. The first-order valence-electron chi connectivity index (χ1n) is 3.92. The van der Waals surface area contributed by atoms with Gasteiger partial charge >= 0.3 is 0 Å². The minimum atomic E-state index is 0.622. The van der Waals surface area contributed by atoms with Gasteiger partial charge < -0.3 is 0 Å². The number of thiazole rings is 1. The Bertz CT molecular complexity index is 424.